The fourth-order valence-electron chi connectivity index (χ4n) is 3.33. The van der Waals surface area contributed by atoms with Crippen LogP contribution in [0.4, 0.5) is 0 Å². The van der Waals surface area contributed by atoms with E-state index in [1.807, 2.05) is 6.07 Å². The van der Waals surface area contributed by atoms with Gasteiger partial charge in [-0.05, 0) is 25.3 Å². The van der Waals surface area contributed by atoms with E-state index in [-0.39, 0.29) is 17.6 Å². The molecule has 5 nitrogen and oxygen atoms in total. The number of aromatic nitrogens is 1. The topological polar surface area (TPSA) is 77.9 Å². The molecule has 2 heterocycles. The van der Waals surface area contributed by atoms with E-state index in [2.05, 4.69) is 10.3 Å². The van der Waals surface area contributed by atoms with Gasteiger partial charge in [0.05, 0.1) is 23.8 Å². The van der Waals surface area contributed by atoms with Crippen LogP contribution in [-0.4, -0.2) is 29.1 Å². The third kappa shape index (κ3) is 2.56. The zero-order valence-corrected chi connectivity index (χ0v) is 11.4. The number of carbonyl (C=O) groups excluding carboxylic acids is 1. The highest BCUT2D eigenvalue weighted by molar-refractivity contribution is 5.93. The molecule has 0 bridgehead atoms. The van der Waals surface area contributed by atoms with Gasteiger partial charge in [0.25, 0.3) is 5.91 Å². The number of nitrogens with zero attached hydrogens (tertiary/aromatic N) is 1. The van der Waals surface area contributed by atoms with Crippen molar-refractivity contribution in [2.75, 3.05) is 6.61 Å². The number of ether oxygens (including phenoxy) is 1. The Labute approximate surface area is 118 Å². The molecule has 1 aliphatic carbocycles. The number of carbonyl (C=O) groups is 1. The molecule has 5 heteroatoms. The minimum Gasteiger partial charge on any atom is -0.373 e. The molecule has 1 aliphatic heterocycles. The standard InChI is InChI=1S/C15H19N3O2/c16-8-11-6-13(17-9-11)14(19)18-12-7-15(20-10-12)4-2-1-3-5-15/h6,9,12,17H,1-5,7,10H2,(H,18,19)/t12-/m0/s1. The van der Waals surface area contributed by atoms with Crippen LogP contribution in [0.15, 0.2) is 12.3 Å². The summed E-state index contributed by atoms with van der Waals surface area (Å²) in [6.07, 6.45) is 8.42. The van der Waals surface area contributed by atoms with Crippen molar-refractivity contribution in [3.05, 3.63) is 23.5 Å². The van der Waals surface area contributed by atoms with Crippen molar-refractivity contribution >= 4 is 5.91 Å². The van der Waals surface area contributed by atoms with Crippen molar-refractivity contribution in [1.29, 1.82) is 5.26 Å². The molecule has 3 rings (SSSR count). The summed E-state index contributed by atoms with van der Waals surface area (Å²) in [7, 11) is 0. The summed E-state index contributed by atoms with van der Waals surface area (Å²) in [4.78, 5) is 14.9. The molecule has 1 aromatic rings. The highest BCUT2D eigenvalue weighted by Gasteiger charge is 2.41. The van der Waals surface area contributed by atoms with E-state index in [0.717, 1.165) is 19.3 Å². The van der Waals surface area contributed by atoms with E-state index >= 15 is 0 Å². The molecule has 0 radical (unpaired) electrons. The van der Waals surface area contributed by atoms with Crippen molar-refractivity contribution in [2.24, 2.45) is 0 Å². The first-order chi connectivity index (χ1) is 9.71. The first kappa shape index (κ1) is 13.2. The van der Waals surface area contributed by atoms with Crippen molar-refractivity contribution in [3.63, 3.8) is 0 Å². The second-order valence-corrected chi connectivity index (χ2v) is 5.84. The molecule has 2 N–H and O–H groups in total. The molecule has 2 fully saturated rings. The summed E-state index contributed by atoms with van der Waals surface area (Å²) in [6, 6.07) is 3.66. The van der Waals surface area contributed by atoms with Crippen LogP contribution in [0.2, 0.25) is 0 Å². The zero-order valence-electron chi connectivity index (χ0n) is 11.4. The third-order valence-electron chi connectivity index (χ3n) is 4.37. The number of hydrogen-bond donors (Lipinski definition) is 2. The molecular weight excluding hydrogens is 254 g/mol. The lowest BCUT2D eigenvalue weighted by molar-refractivity contribution is -0.0246. The smallest absolute Gasteiger partial charge is 0.268 e. The van der Waals surface area contributed by atoms with Gasteiger partial charge in [-0.2, -0.15) is 5.26 Å². The van der Waals surface area contributed by atoms with Gasteiger partial charge >= 0.3 is 0 Å². The normalized spacial score (nSPS) is 24.4. The van der Waals surface area contributed by atoms with Crippen LogP contribution >= 0.6 is 0 Å². The first-order valence-corrected chi connectivity index (χ1v) is 7.24. The molecule has 1 aromatic heterocycles. The van der Waals surface area contributed by atoms with Gasteiger partial charge in [0.2, 0.25) is 0 Å². The molecule has 1 amide bonds. The highest BCUT2D eigenvalue weighted by atomic mass is 16.5. The van der Waals surface area contributed by atoms with E-state index in [1.54, 1.807) is 12.3 Å². The quantitative estimate of drug-likeness (QED) is 0.866. The van der Waals surface area contributed by atoms with Gasteiger partial charge in [0, 0.05) is 6.20 Å². The van der Waals surface area contributed by atoms with E-state index in [0.29, 0.717) is 17.9 Å². The van der Waals surface area contributed by atoms with Gasteiger partial charge in [-0.25, -0.2) is 0 Å². The molecular formula is C15H19N3O2. The Morgan fingerprint density at radius 3 is 2.95 bits per heavy atom. The second-order valence-electron chi connectivity index (χ2n) is 5.84. The van der Waals surface area contributed by atoms with Crippen molar-refractivity contribution in [3.8, 4) is 6.07 Å². The Morgan fingerprint density at radius 1 is 1.45 bits per heavy atom. The summed E-state index contributed by atoms with van der Waals surface area (Å²) in [5.41, 5.74) is 0.914. The van der Waals surface area contributed by atoms with Crippen LogP contribution in [0.25, 0.3) is 0 Å². The second kappa shape index (κ2) is 5.29. The fourth-order valence-corrected chi connectivity index (χ4v) is 3.33. The number of nitrogens with one attached hydrogen (secondary N) is 2. The molecule has 2 aliphatic rings. The average molecular weight is 273 g/mol. The van der Waals surface area contributed by atoms with Crippen molar-refractivity contribution < 1.29 is 9.53 Å². The Morgan fingerprint density at radius 2 is 2.25 bits per heavy atom. The number of nitriles is 1. The lowest BCUT2D eigenvalue weighted by Crippen LogP contribution is -2.37. The number of rotatable bonds is 2. The van der Waals surface area contributed by atoms with Gasteiger partial charge in [0.15, 0.2) is 0 Å². The van der Waals surface area contributed by atoms with Gasteiger partial charge in [-0.15, -0.1) is 0 Å². The van der Waals surface area contributed by atoms with Gasteiger partial charge in [-0.1, -0.05) is 19.3 Å². The van der Waals surface area contributed by atoms with Gasteiger partial charge < -0.3 is 15.0 Å². The SMILES string of the molecule is N#Cc1c[nH]c(C(=O)N[C@@H]2COC3(CCCCC3)C2)c1. The molecule has 0 aromatic carbocycles. The predicted octanol–water partition coefficient (Wildman–Crippen LogP) is 2.11. The average Bonchev–Trinajstić information content (AvgIpc) is 3.07. The van der Waals surface area contributed by atoms with Crippen LogP contribution in [0, 0.1) is 11.3 Å². The monoisotopic (exact) mass is 273 g/mol. The predicted molar refractivity (Wildman–Crippen MR) is 73.1 cm³/mol. The Kier molecular flexibility index (Phi) is 3.49. The van der Waals surface area contributed by atoms with Crippen LogP contribution in [0.1, 0.15) is 54.6 Å². The molecule has 0 unspecified atom stereocenters. The summed E-state index contributed by atoms with van der Waals surface area (Å²) in [5.74, 6) is -0.159. The van der Waals surface area contributed by atoms with E-state index in [4.69, 9.17) is 10.00 Å². The maximum absolute atomic E-state index is 12.1. The van der Waals surface area contributed by atoms with Gasteiger partial charge in [0.1, 0.15) is 11.8 Å². The fraction of sp³-hybridized carbons (Fsp3) is 0.600. The lowest BCUT2D eigenvalue weighted by Gasteiger charge is -2.32. The Hall–Kier alpha value is -1.80. The summed E-state index contributed by atoms with van der Waals surface area (Å²) >= 11 is 0. The number of H-pyrrole nitrogens is 1. The minimum atomic E-state index is -0.159. The maximum Gasteiger partial charge on any atom is 0.268 e. The summed E-state index contributed by atoms with van der Waals surface area (Å²) in [6.45, 7) is 0.595. The van der Waals surface area contributed by atoms with E-state index in [9.17, 15) is 4.79 Å². The minimum absolute atomic E-state index is 0.00372. The maximum atomic E-state index is 12.1. The molecule has 1 saturated heterocycles. The zero-order chi connectivity index (χ0) is 14.0. The first-order valence-electron chi connectivity index (χ1n) is 7.24. The van der Waals surface area contributed by atoms with Crippen LogP contribution in [0.3, 0.4) is 0 Å². The summed E-state index contributed by atoms with van der Waals surface area (Å²) < 4.78 is 5.98. The molecule has 20 heavy (non-hydrogen) atoms. The Balaban J connectivity index is 1.59. The van der Waals surface area contributed by atoms with Crippen LogP contribution in [-0.2, 0) is 4.74 Å². The van der Waals surface area contributed by atoms with Crippen molar-refractivity contribution in [1.82, 2.24) is 10.3 Å². The molecule has 1 atom stereocenters. The Bertz CT molecular complexity index is 538. The number of aromatic amines is 1. The highest BCUT2D eigenvalue weighted by Crippen LogP contribution is 2.39. The van der Waals surface area contributed by atoms with Crippen molar-refractivity contribution in [2.45, 2.75) is 50.2 Å². The number of amides is 1. The van der Waals surface area contributed by atoms with Gasteiger partial charge in [-0.3, -0.25) is 4.79 Å². The summed E-state index contributed by atoms with van der Waals surface area (Å²) in [5, 5.41) is 11.8. The lowest BCUT2D eigenvalue weighted by atomic mass is 9.82. The van der Waals surface area contributed by atoms with E-state index < -0.39 is 0 Å². The number of hydrogen-bond acceptors (Lipinski definition) is 3. The van der Waals surface area contributed by atoms with Crippen LogP contribution < -0.4 is 5.32 Å². The molecule has 106 valence electrons. The third-order valence-corrected chi connectivity index (χ3v) is 4.37. The van der Waals surface area contributed by atoms with E-state index in [1.165, 1.54) is 19.3 Å². The largest absolute Gasteiger partial charge is 0.373 e. The molecule has 1 spiro atoms. The van der Waals surface area contributed by atoms with Crippen LogP contribution in [0.5, 0.6) is 0 Å². The molecule has 1 saturated carbocycles.